The molecule has 2 fully saturated rings. The molecule has 2 aromatic rings. The highest BCUT2D eigenvalue weighted by Gasteiger charge is 2.51. The Labute approximate surface area is 218 Å². The number of aliphatic hydroxyl groups is 1. The molecule has 1 aromatic carbocycles. The van der Waals surface area contributed by atoms with Crippen LogP contribution in [-0.4, -0.2) is 69.8 Å². The van der Waals surface area contributed by atoms with Gasteiger partial charge in [-0.3, -0.25) is 9.78 Å². The number of carbonyl (C=O) groups excluding carboxylic acids is 1. The highest BCUT2D eigenvalue weighted by Crippen LogP contribution is 2.41. The van der Waals surface area contributed by atoms with E-state index in [2.05, 4.69) is 4.98 Å². The van der Waals surface area contributed by atoms with Crippen molar-refractivity contribution in [1.82, 2.24) is 14.8 Å². The molecule has 200 valence electrons. The molecule has 1 saturated carbocycles. The van der Waals surface area contributed by atoms with E-state index in [-0.39, 0.29) is 37.7 Å². The fourth-order valence-electron chi connectivity index (χ4n) is 4.85. The molecule has 0 bridgehead atoms. The van der Waals surface area contributed by atoms with Crippen LogP contribution in [0.2, 0.25) is 5.02 Å². The standard InChI is InChI=1S/C26H30ClF2N3O5/c1-37-10-2-3-18-11-16(21(27)13-30-18)14-32(19-5-6-19)24(33)20-15-31(25(34)35)9-8-26(20,36)17-4-7-22(28)23(29)12-17/h4,7,11-13,19-20,36H,2-3,5-6,8-10,14-15H2,1H3,(H,34,35)/t20-,26+/m1/s1. The number of piperidine rings is 1. The molecule has 11 heteroatoms. The first kappa shape index (κ1) is 27.2. The number of rotatable bonds is 9. The number of benzene rings is 1. The number of nitrogens with zero attached hydrogens (tertiary/aromatic N) is 3. The molecule has 8 nitrogen and oxygen atoms in total. The van der Waals surface area contributed by atoms with E-state index in [1.807, 2.05) is 6.07 Å². The number of halogens is 3. The van der Waals surface area contributed by atoms with Gasteiger partial charge in [-0.05, 0) is 61.4 Å². The summed E-state index contributed by atoms with van der Waals surface area (Å²) in [7, 11) is 1.62. The third kappa shape index (κ3) is 6.02. The van der Waals surface area contributed by atoms with Crippen LogP contribution in [0.15, 0.2) is 30.5 Å². The van der Waals surface area contributed by atoms with E-state index in [9.17, 15) is 28.6 Å². The lowest BCUT2D eigenvalue weighted by molar-refractivity contribution is -0.154. The van der Waals surface area contributed by atoms with E-state index in [1.165, 1.54) is 6.07 Å². The lowest BCUT2D eigenvalue weighted by atomic mass is 9.75. The zero-order valence-corrected chi connectivity index (χ0v) is 21.3. The van der Waals surface area contributed by atoms with Crippen LogP contribution in [-0.2, 0) is 28.1 Å². The predicted molar refractivity (Wildman–Crippen MR) is 131 cm³/mol. The van der Waals surface area contributed by atoms with Crippen LogP contribution >= 0.6 is 11.6 Å². The smallest absolute Gasteiger partial charge is 0.407 e. The van der Waals surface area contributed by atoms with Crippen LogP contribution in [0.5, 0.6) is 0 Å². The van der Waals surface area contributed by atoms with Gasteiger partial charge in [0.1, 0.15) is 5.60 Å². The Morgan fingerprint density at radius 2 is 2.03 bits per heavy atom. The molecular formula is C26H30ClF2N3O5. The van der Waals surface area contributed by atoms with Gasteiger partial charge in [0.2, 0.25) is 5.91 Å². The number of carboxylic acid groups (broad SMARTS) is 1. The molecule has 1 aromatic heterocycles. The fraction of sp³-hybridized carbons (Fsp3) is 0.500. The molecule has 37 heavy (non-hydrogen) atoms. The Kier molecular flexibility index (Phi) is 8.30. The minimum Gasteiger partial charge on any atom is -0.465 e. The number of aryl methyl sites for hydroxylation is 1. The second-order valence-electron chi connectivity index (χ2n) is 9.65. The highest BCUT2D eigenvalue weighted by atomic mass is 35.5. The van der Waals surface area contributed by atoms with Gasteiger partial charge in [-0.15, -0.1) is 0 Å². The van der Waals surface area contributed by atoms with Gasteiger partial charge in [0.25, 0.3) is 0 Å². The number of amides is 2. The zero-order valence-electron chi connectivity index (χ0n) is 20.5. The maximum Gasteiger partial charge on any atom is 0.407 e. The van der Waals surface area contributed by atoms with Gasteiger partial charge in [0.05, 0.1) is 10.9 Å². The molecule has 0 radical (unpaired) electrons. The lowest BCUT2D eigenvalue weighted by Gasteiger charge is -2.45. The molecule has 4 rings (SSSR count). The van der Waals surface area contributed by atoms with Crippen molar-refractivity contribution in [1.29, 1.82) is 0 Å². The summed E-state index contributed by atoms with van der Waals surface area (Å²) in [6.45, 7) is 0.397. The topological polar surface area (TPSA) is 103 Å². The minimum atomic E-state index is -1.88. The molecule has 0 spiro atoms. The lowest BCUT2D eigenvalue weighted by Crippen LogP contribution is -2.57. The number of pyridine rings is 1. The van der Waals surface area contributed by atoms with Crippen LogP contribution in [0.3, 0.4) is 0 Å². The molecule has 1 aliphatic heterocycles. The predicted octanol–water partition coefficient (Wildman–Crippen LogP) is 3.97. The summed E-state index contributed by atoms with van der Waals surface area (Å²) in [5, 5.41) is 21.7. The quantitative estimate of drug-likeness (QED) is 0.469. The van der Waals surface area contributed by atoms with Crippen molar-refractivity contribution in [2.45, 2.75) is 50.3 Å². The Hall–Kier alpha value is -2.82. The maximum absolute atomic E-state index is 14.1. The number of likely N-dealkylation sites (tertiary alicyclic amines) is 1. The SMILES string of the molecule is COCCCc1cc(CN(C(=O)[C@H]2CN(C(=O)O)CC[C@]2(O)c2ccc(F)c(F)c2)C2CC2)c(Cl)cn1. The number of aromatic nitrogens is 1. The number of carbonyl (C=O) groups is 2. The van der Waals surface area contributed by atoms with Gasteiger partial charge < -0.3 is 24.7 Å². The van der Waals surface area contributed by atoms with Crippen LogP contribution in [0.4, 0.5) is 13.6 Å². The summed E-state index contributed by atoms with van der Waals surface area (Å²) >= 11 is 6.43. The van der Waals surface area contributed by atoms with Crippen molar-refractivity contribution in [3.8, 4) is 0 Å². The first-order valence-corrected chi connectivity index (χ1v) is 12.6. The molecule has 2 heterocycles. The zero-order chi connectivity index (χ0) is 26.7. The molecular weight excluding hydrogens is 508 g/mol. The minimum absolute atomic E-state index is 0.0351. The van der Waals surface area contributed by atoms with Crippen molar-refractivity contribution < 1.29 is 33.3 Å². The van der Waals surface area contributed by atoms with Gasteiger partial charge in [-0.1, -0.05) is 17.7 Å². The van der Waals surface area contributed by atoms with Crippen LogP contribution in [0.25, 0.3) is 0 Å². The average molecular weight is 538 g/mol. The van der Waals surface area contributed by atoms with Gasteiger partial charge in [0, 0.05) is 51.3 Å². The fourth-order valence-corrected chi connectivity index (χ4v) is 5.01. The van der Waals surface area contributed by atoms with Crippen molar-refractivity contribution >= 4 is 23.6 Å². The number of hydrogen-bond acceptors (Lipinski definition) is 5. The van der Waals surface area contributed by atoms with Gasteiger partial charge in [0.15, 0.2) is 11.6 Å². The van der Waals surface area contributed by atoms with Gasteiger partial charge in [-0.25, -0.2) is 13.6 Å². The number of methoxy groups -OCH3 is 1. The van der Waals surface area contributed by atoms with Crippen molar-refractivity contribution in [2.75, 3.05) is 26.8 Å². The third-order valence-corrected chi connectivity index (χ3v) is 7.45. The van der Waals surface area contributed by atoms with Crippen molar-refractivity contribution in [2.24, 2.45) is 5.92 Å². The maximum atomic E-state index is 14.1. The van der Waals surface area contributed by atoms with Gasteiger partial charge in [-0.2, -0.15) is 0 Å². The Morgan fingerprint density at radius 3 is 2.68 bits per heavy atom. The van der Waals surface area contributed by atoms with Crippen molar-refractivity contribution in [3.05, 3.63) is 63.9 Å². The van der Waals surface area contributed by atoms with Crippen LogP contribution < -0.4 is 0 Å². The summed E-state index contributed by atoms with van der Waals surface area (Å²) in [6.07, 6.45) is 3.13. The molecule has 2 atom stereocenters. The Balaban J connectivity index is 1.65. The molecule has 2 aliphatic rings. The summed E-state index contributed by atoms with van der Waals surface area (Å²) in [6, 6.07) is 4.76. The Bertz CT molecular complexity index is 1170. The second-order valence-corrected chi connectivity index (χ2v) is 10.1. The number of ether oxygens (including phenoxy) is 1. The summed E-state index contributed by atoms with van der Waals surface area (Å²) in [5.74, 6) is -3.91. The third-order valence-electron chi connectivity index (χ3n) is 7.11. The van der Waals surface area contributed by atoms with E-state index in [0.717, 1.165) is 42.0 Å². The van der Waals surface area contributed by atoms with Crippen molar-refractivity contribution in [3.63, 3.8) is 0 Å². The van der Waals surface area contributed by atoms with Crippen LogP contribution in [0, 0.1) is 17.6 Å². The molecule has 1 aliphatic carbocycles. The van der Waals surface area contributed by atoms with E-state index in [1.54, 1.807) is 18.2 Å². The first-order chi connectivity index (χ1) is 17.6. The van der Waals surface area contributed by atoms with E-state index >= 15 is 0 Å². The normalized spacial score (nSPS) is 21.6. The second kappa shape index (κ2) is 11.3. The first-order valence-electron chi connectivity index (χ1n) is 12.2. The van der Waals surface area contributed by atoms with Gasteiger partial charge >= 0.3 is 6.09 Å². The Morgan fingerprint density at radius 1 is 1.27 bits per heavy atom. The number of hydrogen-bond donors (Lipinski definition) is 2. The summed E-state index contributed by atoms with van der Waals surface area (Å²) in [4.78, 5) is 32.8. The monoisotopic (exact) mass is 537 g/mol. The van der Waals surface area contributed by atoms with Crippen LogP contribution in [0.1, 0.15) is 42.5 Å². The van der Waals surface area contributed by atoms with E-state index < -0.39 is 35.2 Å². The average Bonchev–Trinajstić information content (AvgIpc) is 3.71. The highest BCUT2D eigenvalue weighted by molar-refractivity contribution is 6.31. The summed E-state index contributed by atoms with van der Waals surface area (Å²) < 4.78 is 32.8. The van der Waals surface area contributed by atoms with E-state index in [0.29, 0.717) is 23.6 Å². The van der Waals surface area contributed by atoms with E-state index in [4.69, 9.17) is 16.3 Å². The molecule has 2 amide bonds. The molecule has 1 saturated heterocycles. The molecule has 0 unspecified atom stereocenters. The summed E-state index contributed by atoms with van der Waals surface area (Å²) in [5.41, 5.74) is -0.356. The largest absolute Gasteiger partial charge is 0.465 e. The molecule has 2 N–H and O–H groups in total.